The predicted molar refractivity (Wildman–Crippen MR) is 47.2 cm³/mol. The van der Waals surface area contributed by atoms with E-state index in [9.17, 15) is 0 Å². The fourth-order valence-corrected chi connectivity index (χ4v) is 1.48. The number of rotatable bonds is 3. The zero-order valence-corrected chi connectivity index (χ0v) is 7.53. The van der Waals surface area contributed by atoms with Crippen molar-refractivity contribution in [2.75, 3.05) is 13.2 Å². The molecule has 1 fully saturated rings. The second kappa shape index (κ2) is 4.39. The highest BCUT2D eigenvalue weighted by Gasteiger charge is 2.12. The van der Waals surface area contributed by atoms with E-state index in [1.54, 1.807) is 6.26 Å². The van der Waals surface area contributed by atoms with Crippen LogP contribution in [0.3, 0.4) is 0 Å². The zero-order valence-electron chi connectivity index (χ0n) is 7.53. The van der Waals surface area contributed by atoms with Crippen LogP contribution in [0.1, 0.15) is 18.5 Å². The van der Waals surface area contributed by atoms with Crippen molar-refractivity contribution in [3.05, 3.63) is 18.0 Å². The van der Waals surface area contributed by atoms with Crippen molar-refractivity contribution in [2.45, 2.75) is 25.4 Å². The molecule has 4 nitrogen and oxygen atoms in total. The Bertz CT molecular complexity index is 230. The Labute approximate surface area is 77.2 Å². The van der Waals surface area contributed by atoms with Gasteiger partial charge in [-0.05, 0) is 12.8 Å². The molecule has 0 unspecified atom stereocenters. The molecule has 0 aromatic carbocycles. The third-order valence-corrected chi connectivity index (χ3v) is 2.28. The van der Waals surface area contributed by atoms with Crippen LogP contribution < -0.4 is 5.32 Å². The van der Waals surface area contributed by atoms with Crippen LogP contribution in [0.5, 0.6) is 0 Å². The molecule has 72 valence electrons. The first kappa shape index (κ1) is 8.72. The maximum Gasteiger partial charge on any atom is 0.124 e. The summed E-state index contributed by atoms with van der Waals surface area (Å²) in [6.07, 6.45) is 3.79. The molecule has 1 aliphatic heterocycles. The minimum Gasteiger partial charge on any atom is -0.381 e. The van der Waals surface area contributed by atoms with Crippen LogP contribution in [-0.2, 0) is 11.3 Å². The summed E-state index contributed by atoms with van der Waals surface area (Å²) >= 11 is 0. The lowest BCUT2D eigenvalue weighted by molar-refractivity contribution is 0.0774. The molecule has 0 bridgehead atoms. The van der Waals surface area contributed by atoms with Gasteiger partial charge in [-0.1, -0.05) is 5.16 Å². The Hall–Kier alpha value is -0.870. The van der Waals surface area contributed by atoms with E-state index < -0.39 is 0 Å². The van der Waals surface area contributed by atoms with Crippen molar-refractivity contribution < 1.29 is 9.26 Å². The first-order chi connectivity index (χ1) is 6.45. The van der Waals surface area contributed by atoms with Crippen LogP contribution in [0.25, 0.3) is 0 Å². The van der Waals surface area contributed by atoms with Gasteiger partial charge in [0, 0.05) is 31.9 Å². The topological polar surface area (TPSA) is 47.3 Å². The summed E-state index contributed by atoms with van der Waals surface area (Å²) in [6, 6.07) is 2.46. The van der Waals surface area contributed by atoms with Gasteiger partial charge in [0.25, 0.3) is 0 Å². The normalized spacial score (nSPS) is 19.1. The van der Waals surface area contributed by atoms with E-state index in [0.29, 0.717) is 6.04 Å². The van der Waals surface area contributed by atoms with E-state index in [4.69, 9.17) is 9.26 Å². The van der Waals surface area contributed by atoms with E-state index in [1.807, 2.05) is 6.07 Å². The van der Waals surface area contributed by atoms with Crippen LogP contribution in [-0.4, -0.2) is 24.4 Å². The molecule has 0 aliphatic carbocycles. The highest BCUT2D eigenvalue weighted by atomic mass is 16.5. The highest BCUT2D eigenvalue weighted by molar-refractivity contribution is 4.94. The Morgan fingerprint density at radius 2 is 2.31 bits per heavy atom. The lowest BCUT2D eigenvalue weighted by Crippen LogP contribution is -2.34. The third-order valence-electron chi connectivity index (χ3n) is 2.28. The van der Waals surface area contributed by atoms with Gasteiger partial charge in [-0.25, -0.2) is 0 Å². The molecule has 13 heavy (non-hydrogen) atoms. The second-order valence-corrected chi connectivity index (χ2v) is 3.26. The fourth-order valence-electron chi connectivity index (χ4n) is 1.48. The Kier molecular flexibility index (Phi) is 2.94. The van der Waals surface area contributed by atoms with E-state index in [0.717, 1.165) is 38.3 Å². The number of hydrogen-bond acceptors (Lipinski definition) is 4. The molecule has 1 N–H and O–H groups in total. The van der Waals surface area contributed by atoms with Crippen molar-refractivity contribution in [1.82, 2.24) is 10.5 Å². The number of hydrogen-bond donors (Lipinski definition) is 1. The first-order valence-electron chi connectivity index (χ1n) is 4.65. The number of ether oxygens (including phenoxy) is 1. The Morgan fingerprint density at radius 3 is 3.00 bits per heavy atom. The van der Waals surface area contributed by atoms with Crippen LogP contribution in [0.2, 0.25) is 0 Å². The minimum atomic E-state index is 0.574. The van der Waals surface area contributed by atoms with Crippen molar-refractivity contribution in [2.24, 2.45) is 0 Å². The van der Waals surface area contributed by atoms with Gasteiger partial charge in [-0.15, -0.1) is 0 Å². The van der Waals surface area contributed by atoms with Crippen LogP contribution >= 0.6 is 0 Å². The zero-order chi connectivity index (χ0) is 8.93. The number of nitrogens with one attached hydrogen (secondary N) is 1. The lowest BCUT2D eigenvalue weighted by atomic mass is 10.1. The fraction of sp³-hybridized carbons (Fsp3) is 0.667. The van der Waals surface area contributed by atoms with Gasteiger partial charge in [-0.2, -0.15) is 0 Å². The maximum atomic E-state index is 5.26. The molecule has 0 saturated carbocycles. The van der Waals surface area contributed by atoms with Crippen LogP contribution in [0.4, 0.5) is 0 Å². The number of nitrogens with zero attached hydrogens (tertiary/aromatic N) is 1. The molecule has 1 aromatic heterocycles. The standard InChI is InChI=1S/C9H14N2O2/c1-4-12-5-2-8(1)10-7-9-3-6-13-11-9/h3,6,8,10H,1-2,4-5,7H2. The molecule has 1 aliphatic rings. The van der Waals surface area contributed by atoms with Crippen LogP contribution in [0, 0.1) is 0 Å². The predicted octanol–water partition coefficient (Wildman–Crippen LogP) is 0.943. The average molecular weight is 182 g/mol. The third kappa shape index (κ3) is 2.54. The van der Waals surface area contributed by atoms with Gasteiger partial charge in [0.1, 0.15) is 6.26 Å². The monoisotopic (exact) mass is 182 g/mol. The van der Waals surface area contributed by atoms with Gasteiger partial charge >= 0.3 is 0 Å². The molecular weight excluding hydrogens is 168 g/mol. The lowest BCUT2D eigenvalue weighted by Gasteiger charge is -2.22. The summed E-state index contributed by atoms with van der Waals surface area (Å²) in [5, 5.41) is 7.25. The SMILES string of the molecule is c1cc(CNC2CCOCC2)no1. The van der Waals surface area contributed by atoms with Crippen molar-refractivity contribution in [3.8, 4) is 0 Å². The summed E-state index contributed by atoms with van der Waals surface area (Å²) in [4.78, 5) is 0. The summed E-state index contributed by atoms with van der Waals surface area (Å²) in [5.74, 6) is 0. The largest absolute Gasteiger partial charge is 0.381 e. The molecule has 1 aromatic rings. The van der Waals surface area contributed by atoms with Crippen molar-refractivity contribution in [3.63, 3.8) is 0 Å². The minimum absolute atomic E-state index is 0.574. The molecule has 2 rings (SSSR count). The summed E-state index contributed by atoms with van der Waals surface area (Å²) in [5.41, 5.74) is 0.964. The Balaban J connectivity index is 1.72. The summed E-state index contributed by atoms with van der Waals surface area (Å²) in [6.45, 7) is 2.54. The van der Waals surface area contributed by atoms with E-state index in [-0.39, 0.29) is 0 Å². The van der Waals surface area contributed by atoms with Crippen molar-refractivity contribution >= 4 is 0 Å². The molecule has 2 heterocycles. The summed E-state index contributed by atoms with van der Waals surface area (Å²) < 4.78 is 10.0. The Morgan fingerprint density at radius 1 is 1.46 bits per heavy atom. The first-order valence-corrected chi connectivity index (χ1v) is 4.65. The maximum absolute atomic E-state index is 5.26. The van der Waals surface area contributed by atoms with Gasteiger partial charge < -0.3 is 14.6 Å². The molecule has 1 saturated heterocycles. The van der Waals surface area contributed by atoms with E-state index in [1.165, 1.54) is 0 Å². The number of aromatic nitrogens is 1. The van der Waals surface area contributed by atoms with Gasteiger partial charge in [0.05, 0.1) is 5.69 Å². The quantitative estimate of drug-likeness (QED) is 0.755. The van der Waals surface area contributed by atoms with E-state index >= 15 is 0 Å². The van der Waals surface area contributed by atoms with Gasteiger partial charge in [0.2, 0.25) is 0 Å². The second-order valence-electron chi connectivity index (χ2n) is 3.26. The average Bonchev–Trinajstić information content (AvgIpc) is 2.69. The molecular formula is C9H14N2O2. The van der Waals surface area contributed by atoms with Gasteiger partial charge in [-0.3, -0.25) is 0 Å². The molecule has 4 heteroatoms. The van der Waals surface area contributed by atoms with Crippen LogP contribution in [0.15, 0.2) is 16.9 Å². The molecule has 0 atom stereocenters. The van der Waals surface area contributed by atoms with Crippen molar-refractivity contribution in [1.29, 1.82) is 0 Å². The smallest absolute Gasteiger partial charge is 0.124 e. The molecule has 0 spiro atoms. The van der Waals surface area contributed by atoms with E-state index in [2.05, 4.69) is 10.5 Å². The highest BCUT2D eigenvalue weighted by Crippen LogP contribution is 2.06. The molecule has 0 radical (unpaired) electrons. The van der Waals surface area contributed by atoms with Gasteiger partial charge in [0.15, 0.2) is 0 Å². The molecule has 0 amide bonds. The summed E-state index contributed by atoms with van der Waals surface area (Å²) in [7, 11) is 0.